The smallest absolute Gasteiger partial charge is 0.0738 e. The van der Waals surface area contributed by atoms with Crippen molar-refractivity contribution in [3.8, 4) is 0 Å². The Hall–Kier alpha value is -1.14. The molecule has 2 N–H and O–H groups in total. The molecular formula is C15H24BrN5. The fourth-order valence-electron chi connectivity index (χ4n) is 2.59. The van der Waals surface area contributed by atoms with Crippen LogP contribution in [0.2, 0.25) is 0 Å². The predicted octanol–water partition coefficient (Wildman–Crippen LogP) is 3.00. The molecule has 0 radical (unpaired) electrons. The van der Waals surface area contributed by atoms with Crippen LogP contribution in [0.3, 0.4) is 0 Å². The molecule has 0 bridgehead atoms. The molecule has 6 heteroatoms. The van der Waals surface area contributed by atoms with Gasteiger partial charge in [-0.1, -0.05) is 6.92 Å². The number of nitrogens with zero attached hydrogens (tertiary/aromatic N) is 4. The van der Waals surface area contributed by atoms with Crippen molar-refractivity contribution in [1.82, 2.24) is 19.6 Å². The van der Waals surface area contributed by atoms with Crippen molar-refractivity contribution >= 4 is 15.9 Å². The first-order valence-electron chi connectivity index (χ1n) is 7.55. The van der Waals surface area contributed by atoms with E-state index in [0.29, 0.717) is 0 Å². The number of halogens is 1. The number of aryl methyl sites for hydroxylation is 4. The summed E-state index contributed by atoms with van der Waals surface area (Å²) in [6, 6.07) is 2.05. The summed E-state index contributed by atoms with van der Waals surface area (Å²) < 4.78 is 5.10. The SMILES string of the molecule is CCc1cc(C(N)Cc2c(Br)c(C)nn2CC)n(CC)n1. The molecule has 1 atom stereocenters. The second kappa shape index (κ2) is 6.75. The summed E-state index contributed by atoms with van der Waals surface area (Å²) in [6.07, 6.45) is 1.69. The molecule has 0 aliphatic rings. The molecule has 1 unspecified atom stereocenters. The molecule has 2 aromatic rings. The number of aromatic nitrogens is 4. The van der Waals surface area contributed by atoms with E-state index in [2.05, 4.69) is 53.0 Å². The Morgan fingerprint density at radius 1 is 1.19 bits per heavy atom. The Kier molecular flexibility index (Phi) is 5.22. The van der Waals surface area contributed by atoms with E-state index in [9.17, 15) is 0 Å². The van der Waals surface area contributed by atoms with Crippen molar-refractivity contribution in [3.63, 3.8) is 0 Å². The molecule has 0 saturated carbocycles. The van der Waals surface area contributed by atoms with Crippen LogP contribution in [0.1, 0.15) is 49.6 Å². The van der Waals surface area contributed by atoms with Gasteiger partial charge in [-0.15, -0.1) is 0 Å². The second-order valence-corrected chi connectivity index (χ2v) is 6.00. The van der Waals surface area contributed by atoms with E-state index >= 15 is 0 Å². The lowest BCUT2D eigenvalue weighted by molar-refractivity contribution is 0.539. The van der Waals surface area contributed by atoms with Gasteiger partial charge < -0.3 is 5.73 Å². The van der Waals surface area contributed by atoms with Crippen LogP contribution in [0, 0.1) is 6.92 Å². The minimum Gasteiger partial charge on any atom is -0.322 e. The van der Waals surface area contributed by atoms with Crippen molar-refractivity contribution in [2.45, 2.75) is 59.7 Å². The Labute approximate surface area is 134 Å². The van der Waals surface area contributed by atoms with Gasteiger partial charge in [0.05, 0.1) is 33.3 Å². The zero-order valence-corrected chi connectivity index (χ0v) is 14.8. The predicted molar refractivity (Wildman–Crippen MR) is 88.2 cm³/mol. The van der Waals surface area contributed by atoms with E-state index < -0.39 is 0 Å². The van der Waals surface area contributed by atoms with Gasteiger partial charge in [0.1, 0.15) is 0 Å². The maximum Gasteiger partial charge on any atom is 0.0738 e. The van der Waals surface area contributed by atoms with Gasteiger partial charge in [0.2, 0.25) is 0 Å². The normalized spacial score (nSPS) is 12.9. The van der Waals surface area contributed by atoms with Gasteiger partial charge in [-0.3, -0.25) is 9.36 Å². The minimum atomic E-state index is -0.0737. The highest BCUT2D eigenvalue weighted by atomic mass is 79.9. The maximum atomic E-state index is 6.45. The van der Waals surface area contributed by atoms with Crippen LogP contribution < -0.4 is 5.73 Å². The molecule has 2 heterocycles. The Morgan fingerprint density at radius 2 is 1.86 bits per heavy atom. The molecule has 0 saturated heterocycles. The monoisotopic (exact) mass is 353 g/mol. The summed E-state index contributed by atoms with van der Waals surface area (Å²) in [5.74, 6) is 0. The standard InChI is InChI=1S/C15H24BrN5/c1-5-11-8-13(20(6-2)19-11)12(17)9-14-15(16)10(4)18-21(14)7-3/h8,12H,5-7,9,17H2,1-4H3. The molecule has 0 aliphatic heterocycles. The number of rotatable bonds is 6. The molecule has 0 spiro atoms. The zero-order valence-electron chi connectivity index (χ0n) is 13.2. The lowest BCUT2D eigenvalue weighted by Crippen LogP contribution is -2.20. The van der Waals surface area contributed by atoms with E-state index in [1.807, 2.05) is 16.3 Å². The molecule has 2 rings (SSSR count). The molecule has 0 aromatic carbocycles. The molecule has 0 fully saturated rings. The number of hydrogen-bond donors (Lipinski definition) is 1. The van der Waals surface area contributed by atoms with Crippen molar-refractivity contribution in [2.24, 2.45) is 5.73 Å². The molecule has 0 amide bonds. The summed E-state index contributed by atoms with van der Waals surface area (Å²) in [5.41, 5.74) is 10.8. The van der Waals surface area contributed by atoms with Gasteiger partial charge in [-0.05, 0) is 49.2 Å². The number of nitrogens with two attached hydrogens (primary N) is 1. The minimum absolute atomic E-state index is 0.0737. The van der Waals surface area contributed by atoms with Gasteiger partial charge in [-0.25, -0.2) is 0 Å². The van der Waals surface area contributed by atoms with Crippen LogP contribution in [-0.2, 0) is 25.9 Å². The molecule has 0 aliphatic carbocycles. The maximum absolute atomic E-state index is 6.45. The van der Waals surface area contributed by atoms with Gasteiger partial charge >= 0.3 is 0 Å². The van der Waals surface area contributed by atoms with Crippen LogP contribution in [-0.4, -0.2) is 19.6 Å². The largest absolute Gasteiger partial charge is 0.322 e. The summed E-state index contributed by atoms with van der Waals surface area (Å²) in [5, 5.41) is 9.11. The lowest BCUT2D eigenvalue weighted by atomic mass is 10.1. The first kappa shape index (κ1) is 16.2. The number of hydrogen-bond acceptors (Lipinski definition) is 3. The fourth-order valence-corrected chi connectivity index (χ4v) is 3.03. The highest BCUT2D eigenvalue weighted by Gasteiger charge is 2.19. The van der Waals surface area contributed by atoms with Gasteiger partial charge in [0, 0.05) is 19.5 Å². The average Bonchev–Trinajstić information content (AvgIpc) is 3.03. The lowest BCUT2D eigenvalue weighted by Gasteiger charge is -2.14. The average molecular weight is 354 g/mol. The molecule has 5 nitrogen and oxygen atoms in total. The topological polar surface area (TPSA) is 61.7 Å². The van der Waals surface area contributed by atoms with Gasteiger partial charge in [-0.2, -0.15) is 10.2 Å². The zero-order chi connectivity index (χ0) is 15.6. The van der Waals surface area contributed by atoms with E-state index in [1.165, 1.54) is 0 Å². The third kappa shape index (κ3) is 3.21. The Bertz CT molecular complexity index is 614. The van der Waals surface area contributed by atoms with E-state index in [0.717, 1.165) is 53.2 Å². The summed E-state index contributed by atoms with van der Waals surface area (Å²) >= 11 is 3.64. The first-order valence-corrected chi connectivity index (χ1v) is 8.34. The van der Waals surface area contributed by atoms with Crippen LogP contribution in [0.5, 0.6) is 0 Å². The van der Waals surface area contributed by atoms with E-state index in [-0.39, 0.29) is 6.04 Å². The van der Waals surface area contributed by atoms with Crippen LogP contribution in [0.4, 0.5) is 0 Å². The fraction of sp³-hybridized carbons (Fsp3) is 0.600. The van der Waals surface area contributed by atoms with Crippen molar-refractivity contribution in [3.05, 3.63) is 33.3 Å². The van der Waals surface area contributed by atoms with Crippen molar-refractivity contribution in [1.29, 1.82) is 0 Å². The van der Waals surface area contributed by atoms with E-state index in [1.54, 1.807) is 0 Å². The summed E-state index contributed by atoms with van der Waals surface area (Å²) in [6.45, 7) is 10.0. The first-order chi connectivity index (χ1) is 10.0. The highest BCUT2D eigenvalue weighted by Crippen LogP contribution is 2.26. The van der Waals surface area contributed by atoms with Crippen molar-refractivity contribution < 1.29 is 0 Å². The quantitative estimate of drug-likeness (QED) is 0.868. The van der Waals surface area contributed by atoms with E-state index in [4.69, 9.17) is 5.73 Å². The van der Waals surface area contributed by atoms with Crippen LogP contribution in [0.25, 0.3) is 0 Å². The van der Waals surface area contributed by atoms with Crippen LogP contribution in [0.15, 0.2) is 10.5 Å². The molecule has 21 heavy (non-hydrogen) atoms. The van der Waals surface area contributed by atoms with Gasteiger partial charge in [0.15, 0.2) is 0 Å². The summed E-state index contributed by atoms with van der Waals surface area (Å²) in [4.78, 5) is 0. The molecular weight excluding hydrogens is 330 g/mol. The highest BCUT2D eigenvalue weighted by molar-refractivity contribution is 9.10. The molecule has 116 valence electrons. The second-order valence-electron chi connectivity index (χ2n) is 5.20. The summed E-state index contributed by atoms with van der Waals surface area (Å²) in [7, 11) is 0. The Balaban J connectivity index is 2.29. The van der Waals surface area contributed by atoms with Crippen molar-refractivity contribution in [2.75, 3.05) is 0 Å². The molecule has 2 aromatic heterocycles. The Morgan fingerprint density at radius 3 is 2.43 bits per heavy atom. The third-order valence-electron chi connectivity index (χ3n) is 3.77. The van der Waals surface area contributed by atoms with Gasteiger partial charge in [0.25, 0.3) is 0 Å². The van der Waals surface area contributed by atoms with Crippen LogP contribution >= 0.6 is 15.9 Å². The third-order valence-corrected chi connectivity index (χ3v) is 4.80.